The Hall–Kier alpha value is -3.50. The van der Waals surface area contributed by atoms with Crippen LogP contribution in [-0.4, -0.2) is 65.3 Å². The van der Waals surface area contributed by atoms with Crippen LogP contribution in [0.1, 0.15) is 6.92 Å². The van der Waals surface area contributed by atoms with Gasteiger partial charge in [-0.05, 0) is 43.3 Å². The van der Waals surface area contributed by atoms with Crippen molar-refractivity contribution in [2.45, 2.75) is 11.8 Å². The lowest BCUT2D eigenvalue weighted by molar-refractivity contribution is 0.340. The normalized spacial score (nSPS) is 15.1. The Balaban J connectivity index is 1.34. The predicted octanol–water partition coefficient (Wildman–Crippen LogP) is 2.73. The molecule has 10 heteroatoms. The van der Waals surface area contributed by atoms with E-state index in [1.807, 2.05) is 37.3 Å². The Morgan fingerprint density at radius 1 is 0.939 bits per heavy atom. The third-order valence-electron chi connectivity index (χ3n) is 5.66. The van der Waals surface area contributed by atoms with E-state index in [2.05, 4.69) is 20.0 Å². The number of aromatic nitrogens is 4. The molecule has 33 heavy (non-hydrogen) atoms. The molecule has 9 nitrogen and oxygen atoms in total. The highest BCUT2D eigenvalue weighted by atomic mass is 32.2. The highest BCUT2D eigenvalue weighted by molar-refractivity contribution is 7.89. The van der Waals surface area contributed by atoms with Gasteiger partial charge in [-0.1, -0.05) is 18.2 Å². The summed E-state index contributed by atoms with van der Waals surface area (Å²) in [4.78, 5) is 11.3. The average molecular weight is 465 g/mol. The second kappa shape index (κ2) is 8.80. The molecule has 2 aromatic carbocycles. The number of para-hydroxylation sites is 1. The van der Waals surface area contributed by atoms with Gasteiger partial charge in [0.2, 0.25) is 10.0 Å². The lowest BCUT2D eigenvalue weighted by atomic mass is 10.3. The molecule has 0 atom stereocenters. The summed E-state index contributed by atoms with van der Waals surface area (Å²) in [5.41, 5.74) is 1.64. The van der Waals surface area contributed by atoms with Gasteiger partial charge in [-0.3, -0.25) is 0 Å². The summed E-state index contributed by atoms with van der Waals surface area (Å²) in [6.45, 7) is 4.22. The minimum absolute atomic E-state index is 0.271. The number of benzene rings is 2. The Labute approximate surface area is 192 Å². The van der Waals surface area contributed by atoms with Crippen LogP contribution in [0.3, 0.4) is 0 Å². The summed E-state index contributed by atoms with van der Waals surface area (Å²) < 4.78 is 34.9. The SMILES string of the molecule is CCOc1ccc(S(=O)(=O)N2CCN(c3ncnc4c3cnn4-c3ccccc3)CC2)cc1. The Morgan fingerprint density at radius 3 is 2.36 bits per heavy atom. The molecule has 4 aromatic rings. The molecule has 0 aliphatic carbocycles. The molecule has 3 heterocycles. The Morgan fingerprint density at radius 2 is 1.67 bits per heavy atom. The van der Waals surface area contributed by atoms with Crippen LogP contribution in [0.2, 0.25) is 0 Å². The first-order valence-electron chi connectivity index (χ1n) is 10.8. The van der Waals surface area contributed by atoms with Crippen LogP contribution in [0.25, 0.3) is 16.7 Å². The topological polar surface area (TPSA) is 93.5 Å². The van der Waals surface area contributed by atoms with Gasteiger partial charge in [-0.25, -0.2) is 23.1 Å². The van der Waals surface area contributed by atoms with Crippen LogP contribution < -0.4 is 9.64 Å². The monoisotopic (exact) mass is 464 g/mol. The third-order valence-corrected chi connectivity index (χ3v) is 7.57. The molecule has 170 valence electrons. The zero-order chi connectivity index (χ0) is 22.8. The molecule has 0 unspecified atom stereocenters. The molecule has 0 N–H and O–H groups in total. The summed E-state index contributed by atoms with van der Waals surface area (Å²) in [5, 5.41) is 5.34. The zero-order valence-electron chi connectivity index (χ0n) is 18.2. The molecular formula is C23H24N6O3S. The lowest BCUT2D eigenvalue weighted by Crippen LogP contribution is -2.49. The highest BCUT2D eigenvalue weighted by Crippen LogP contribution is 2.27. The van der Waals surface area contributed by atoms with Gasteiger partial charge in [-0.2, -0.15) is 9.40 Å². The van der Waals surface area contributed by atoms with Crippen LogP contribution in [0.4, 0.5) is 5.82 Å². The second-order valence-corrected chi connectivity index (χ2v) is 9.56. The molecule has 0 radical (unpaired) electrons. The van der Waals surface area contributed by atoms with Crippen molar-refractivity contribution in [3.05, 3.63) is 67.1 Å². The van der Waals surface area contributed by atoms with Crippen LogP contribution in [0.15, 0.2) is 72.0 Å². The van der Waals surface area contributed by atoms with Gasteiger partial charge in [0, 0.05) is 26.2 Å². The number of hydrogen-bond donors (Lipinski definition) is 0. The summed E-state index contributed by atoms with van der Waals surface area (Å²) in [6.07, 6.45) is 3.29. The first kappa shape index (κ1) is 21.4. The van der Waals surface area contributed by atoms with Crippen molar-refractivity contribution >= 4 is 26.9 Å². The minimum Gasteiger partial charge on any atom is -0.494 e. The maximum absolute atomic E-state index is 13.1. The molecule has 0 spiro atoms. The fraction of sp³-hybridized carbons (Fsp3) is 0.261. The smallest absolute Gasteiger partial charge is 0.243 e. The van der Waals surface area contributed by atoms with Crippen LogP contribution >= 0.6 is 0 Å². The number of ether oxygens (including phenoxy) is 1. The number of hydrogen-bond acceptors (Lipinski definition) is 7. The van der Waals surface area contributed by atoms with Gasteiger partial charge in [0.25, 0.3) is 0 Å². The molecular weight excluding hydrogens is 440 g/mol. The minimum atomic E-state index is -3.57. The highest BCUT2D eigenvalue weighted by Gasteiger charge is 2.30. The van der Waals surface area contributed by atoms with Crippen LogP contribution in [0.5, 0.6) is 5.75 Å². The van der Waals surface area contributed by atoms with Gasteiger partial charge in [0.1, 0.15) is 17.9 Å². The van der Waals surface area contributed by atoms with E-state index in [1.54, 1.807) is 35.1 Å². The molecule has 5 rings (SSSR count). The second-order valence-electron chi connectivity index (χ2n) is 7.62. The Kier molecular flexibility index (Phi) is 5.69. The fourth-order valence-corrected chi connectivity index (χ4v) is 5.43. The molecule has 0 saturated carbocycles. The largest absolute Gasteiger partial charge is 0.494 e. The molecule has 0 amide bonds. The average Bonchev–Trinajstić information content (AvgIpc) is 3.30. The van der Waals surface area contributed by atoms with Crippen LogP contribution in [-0.2, 0) is 10.0 Å². The van der Waals surface area contributed by atoms with Gasteiger partial charge in [-0.15, -0.1) is 0 Å². The van der Waals surface area contributed by atoms with E-state index in [0.717, 1.165) is 22.5 Å². The predicted molar refractivity (Wildman–Crippen MR) is 125 cm³/mol. The van der Waals surface area contributed by atoms with Crippen LogP contribution in [0, 0.1) is 0 Å². The van der Waals surface area contributed by atoms with Gasteiger partial charge in [0.05, 0.1) is 28.8 Å². The van der Waals surface area contributed by atoms with E-state index in [-0.39, 0.29) is 4.90 Å². The number of rotatable bonds is 6. The first-order valence-corrected chi connectivity index (χ1v) is 12.2. The van der Waals surface area contributed by atoms with E-state index < -0.39 is 10.0 Å². The fourth-order valence-electron chi connectivity index (χ4n) is 4.01. The van der Waals surface area contributed by atoms with Gasteiger partial charge < -0.3 is 9.64 Å². The maximum Gasteiger partial charge on any atom is 0.243 e. The van der Waals surface area contributed by atoms with Crippen molar-refractivity contribution in [3.8, 4) is 11.4 Å². The molecule has 1 aliphatic rings. The maximum atomic E-state index is 13.1. The van der Waals surface area contributed by atoms with E-state index in [9.17, 15) is 8.42 Å². The van der Waals surface area contributed by atoms with Crippen molar-refractivity contribution < 1.29 is 13.2 Å². The number of fused-ring (bicyclic) bond motifs is 1. The summed E-state index contributed by atoms with van der Waals surface area (Å²) >= 11 is 0. The number of nitrogens with zero attached hydrogens (tertiary/aromatic N) is 6. The van der Waals surface area contributed by atoms with Gasteiger partial charge in [0.15, 0.2) is 5.65 Å². The summed E-state index contributed by atoms with van der Waals surface area (Å²) in [7, 11) is -3.57. The number of piperazine rings is 1. The van der Waals surface area contributed by atoms with Crippen molar-refractivity contribution in [2.24, 2.45) is 0 Å². The van der Waals surface area contributed by atoms with Gasteiger partial charge >= 0.3 is 0 Å². The van der Waals surface area contributed by atoms with Crippen molar-refractivity contribution in [1.82, 2.24) is 24.1 Å². The van der Waals surface area contributed by atoms with Crippen molar-refractivity contribution in [1.29, 1.82) is 0 Å². The summed E-state index contributed by atoms with van der Waals surface area (Å²) in [5.74, 6) is 1.42. The zero-order valence-corrected chi connectivity index (χ0v) is 19.0. The standard InChI is InChI=1S/C23H24N6O3S/c1-2-32-19-8-10-20(11-9-19)33(30,31)28-14-12-27(13-15-28)22-21-16-26-29(23(21)25-17-24-22)18-6-4-3-5-7-18/h3-11,16-17H,2,12-15H2,1H3. The van der Waals surface area contributed by atoms with E-state index in [0.29, 0.717) is 38.5 Å². The first-order chi connectivity index (χ1) is 16.1. The van der Waals surface area contributed by atoms with Crippen molar-refractivity contribution in [3.63, 3.8) is 0 Å². The third kappa shape index (κ3) is 4.03. The number of anilines is 1. The number of sulfonamides is 1. The molecule has 1 saturated heterocycles. The van der Waals surface area contributed by atoms with E-state index >= 15 is 0 Å². The molecule has 1 fully saturated rings. The lowest BCUT2D eigenvalue weighted by Gasteiger charge is -2.34. The Bertz CT molecular complexity index is 1350. The van der Waals surface area contributed by atoms with E-state index in [4.69, 9.17) is 4.74 Å². The molecule has 1 aliphatic heterocycles. The quantitative estimate of drug-likeness (QED) is 0.433. The van der Waals surface area contributed by atoms with Crippen molar-refractivity contribution in [2.75, 3.05) is 37.7 Å². The van der Waals surface area contributed by atoms with E-state index in [1.165, 1.54) is 10.6 Å². The summed E-state index contributed by atoms with van der Waals surface area (Å²) in [6, 6.07) is 16.4. The molecule has 0 bridgehead atoms. The molecule has 2 aromatic heterocycles.